The van der Waals surface area contributed by atoms with Crippen molar-refractivity contribution in [1.29, 1.82) is 0 Å². The number of aliphatic hydroxyl groups excluding tert-OH is 1. The van der Waals surface area contributed by atoms with E-state index in [0.29, 0.717) is 0 Å². The summed E-state index contributed by atoms with van der Waals surface area (Å²) < 4.78 is 13.3. The molecule has 2 N–H and O–H groups in total. The Morgan fingerprint density at radius 3 is 2.56 bits per heavy atom. The van der Waals surface area contributed by atoms with Crippen LogP contribution in [0.5, 0.6) is 0 Å². The van der Waals surface area contributed by atoms with Crippen LogP contribution in [0.25, 0.3) is 21.3 Å². The lowest BCUT2D eigenvalue weighted by Gasteiger charge is -2.10. The van der Waals surface area contributed by atoms with Crippen LogP contribution in [-0.2, 0) is 0 Å². The molecule has 4 nitrogen and oxygen atoms in total. The number of rotatable bonds is 7. The van der Waals surface area contributed by atoms with E-state index in [-0.39, 0.29) is 12.4 Å². The number of anilines is 1. The molecule has 0 aliphatic rings. The van der Waals surface area contributed by atoms with Gasteiger partial charge in [-0.3, -0.25) is 0 Å². The maximum Gasteiger partial charge on any atom is 0.139 e. The molecule has 2 heterocycles. The summed E-state index contributed by atoms with van der Waals surface area (Å²) in [4.78, 5) is 11.3. The lowest BCUT2D eigenvalue weighted by Crippen LogP contribution is -2.06. The predicted molar refractivity (Wildman–Crippen MR) is 102 cm³/mol. The molecule has 132 valence electrons. The lowest BCUT2D eigenvalue weighted by atomic mass is 10.0. The van der Waals surface area contributed by atoms with Crippen LogP contribution in [0.15, 0.2) is 24.3 Å². The van der Waals surface area contributed by atoms with Crippen LogP contribution < -0.4 is 5.32 Å². The summed E-state index contributed by atoms with van der Waals surface area (Å²) in [6.45, 7) is 4.98. The number of hydrogen-bond donors (Lipinski definition) is 2. The van der Waals surface area contributed by atoms with Crippen molar-refractivity contribution in [3.63, 3.8) is 0 Å². The first-order chi connectivity index (χ1) is 12.1. The molecule has 2 aromatic heterocycles. The number of hydrogen-bond acceptors (Lipinski definition) is 5. The van der Waals surface area contributed by atoms with E-state index in [2.05, 4.69) is 22.2 Å². The third-order valence-electron chi connectivity index (χ3n) is 4.10. The average molecular weight is 359 g/mol. The van der Waals surface area contributed by atoms with Gasteiger partial charge in [0.15, 0.2) is 0 Å². The van der Waals surface area contributed by atoms with Crippen molar-refractivity contribution in [2.45, 2.75) is 33.1 Å². The number of aromatic nitrogens is 2. The van der Waals surface area contributed by atoms with Gasteiger partial charge in [0.2, 0.25) is 0 Å². The van der Waals surface area contributed by atoms with E-state index in [0.717, 1.165) is 63.7 Å². The monoisotopic (exact) mass is 359 g/mol. The van der Waals surface area contributed by atoms with Crippen LogP contribution in [0.4, 0.5) is 10.2 Å². The molecule has 6 heteroatoms. The molecule has 0 saturated carbocycles. The lowest BCUT2D eigenvalue weighted by molar-refractivity contribution is 0.283. The fourth-order valence-corrected chi connectivity index (χ4v) is 4.02. The van der Waals surface area contributed by atoms with E-state index >= 15 is 0 Å². The van der Waals surface area contributed by atoms with E-state index in [1.807, 2.05) is 6.92 Å². The highest BCUT2D eigenvalue weighted by atomic mass is 32.1. The molecular formula is C19H22FN3OS. The van der Waals surface area contributed by atoms with E-state index in [1.165, 1.54) is 12.1 Å². The standard InChI is InChI=1S/C19H22FN3OS/c1-12-16(14-6-8-15(20)9-7-14)17-18(21-10-4-3-5-11-24)22-13(2)23-19(17)25-12/h6-9,24H,3-5,10-11H2,1-2H3,(H,21,22,23). The van der Waals surface area contributed by atoms with Gasteiger partial charge in [-0.25, -0.2) is 14.4 Å². The van der Waals surface area contributed by atoms with Crippen LogP contribution >= 0.6 is 11.3 Å². The number of aliphatic hydroxyl groups is 1. The molecule has 0 radical (unpaired) electrons. The summed E-state index contributed by atoms with van der Waals surface area (Å²) in [5.74, 6) is 1.32. The Labute approximate surface area is 150 Å². The van der Waals surface area contributed by atoms with Crippen LogP contribution in [0.2, 0.25) is 0 Å². The van der Waals surface area contributed by atoms with Gasteiger partial charge in [-0.05, 0) is 50.8 Å². The summed E-state index contributed by atoms with van der Waals surface area (Å²) in [7, 11) is 0. The van der Waals surface area contributed by atoms with E-state index in [1.54, 1.807) is 23.5 Å². The largest absolute Gasteiger partial charge is 0.396 e. The van der Waals surface area contributed by atoms with Gasteiger partial charge in [-0.2, -0.15) is 0 Å². The number of halogens is 1. The normalized spacial score (nSPS) is 11.2. The summed E-state index contributed by atoms with van der Waals surface area (Å²) in [6, 6.07) is 6.56. The first-order valence-corrected chi connectivity index (χ1v) is 9.30. The number of aryl methyl sites for hydroxylation is 2. The Hall–Kier alpha value is -2.05. The number of unbranched alkanes of at least 4 members (excludes halogenated alkanes) is 2. The van der Waals surface area contributed by atoms with E-state index in [4.69, 9.17) is 5.11 Å². The Morgan fingerprint density at radius 1 is 1.08 bits per heavy atom. The van der Waals surface area contributed by atoms with Crippen LogP contribution in [0.3, 0.4) is 0 Å². The average Bonchev–Trinajstić information content (AvgIpc) is 2.91. The van der Waals surface area contributed by atoms with Gasteiger partial charge < -0.3 is 10.4 Å². The molecule has 1 aromatic carbocycles. The maximum absolute atomic E-state index is 13.3. The number of fused-ring (bicyclic) bond motifs is 1. The van der Waals surface area contributed by atoms with Gasteiger partial charge in [0, 0.05) is 23.6 Å². The Morgan fingerprint density at radius 2 is 1.84 bits per heavy atom. The van der Waals surface area contributed by atoms with Crippen molar-refractivity contribution >= 4 is 27.4 Å². The topological polar surface area (TPSA) is 58.0 Å². The summed E-state index contributed by atoms with van der Waals surface area (Å²) in [5.41, 5.74) is 2.04. The van der Waals surface area contributed by atoms with Gasteiger partial charge in [0.1, 0.15) is 22.3 Å². The summed E-state index contributed by atoms with van der Waals surface area (Å²) in [6.07, 6.45) is 2.77. The second kappa shape index (κ2) is 7.89. The first kappa shape index (κ1) is 17.8. The van der Waals surface area contributed by atoms with Gasteiger partial charge in [0.05, 0.1) is 5.39 Å². The third-order valence-corrected chi connectivity index (χ3v) is 5.10. The molecule has 0 unspecified atom stereocenters. The number of nitrogens with zero attached hydrogens (tertiary/aromatic N) is 2. The van der Waals surface area contributed by atoms with Crippen molar-refractivity contribution < 1.29 is 9.50 Å². The quantitative estimate of drug-likeness (QED) is 0.601. The van der Waals surface area contributed by atoms with Gasteiger partial charge >= 0.3 is 0 Å². The minimum atomic E-state index is -0.240. The molecule has 3 aromatic rings. The molecule has 0 spiro atoms. The van der Waals surface area contributed by atoms with Crippen molar-refractivity contribution in [3.8, 4) is 11.1 Å². The Bertz CT molecular complexity index is 861. The molecule has 3 rings (SSSR count). The highest BCUT2D eigenvalue weighted by molar-refractivity contribution is 7.19. The third kappa shape index (κ3) is 3.96. The van der Waals surface area contributed by atoms with Gasteiger partial charge in [-0.1, -0.05) is 12.1 Å². The van der Waals surface area contributed by atoms with Crippen LogP contribution in [0.1, 0.15) is 30.0 Å². The van der Waals surface area contributed by atoms with Gasteiger partial charge in [-0.15, -0.1) is 11.3 Å². The first-order valence-electron chi connectivity index (χ1n) is 8.48. The Balaban J connectivity index is 1.99. The highest BCUT2D eigenvalue weighted by Crippen LogP contribution is 2.40. The molecule has 25 heavy (non-hydrogen) atoms. The van der Waals surface area contributed by atoms with E-state index in [9.17, 15) is 4.39 Å². The van der Waals surface area contributed by atoms with Crippen molar-refractivity contribution in [2.75, 3.05) is 18.5 Å². The second-order valence-corrected chi connectivity index (χ2v) is 7.25. The Kier molecular flexibility index (Phi) is 5.60. The van der Waals surface area contributed by atoms with Crippen LogP contribution in [0, 0.1) is 19.7 Å². The zero-order valence-electron chi connectivity index (χ0n) is 14.5. The number of nitrogens with one attached hydrogen (secondary N) is 1. The maximum atomic E-state index is 13.3. The molecule has 0 aliphatic heterocycles. The smallest absolute Gasteiger partial charge is 0.139 e. The molecule has 0 fully saturated rings. The molecular weight excluding hydrogens is 337 g/mol. The van der Waals surface area contributed by atoms with Crippen molar-refractivity contribution in [2.24, 2.45) is 0 Å². The fourth-order valence-electron chi connectivity index (χ4n) is 2.93. The summed E-state index contributed by atoms with van der Waals surface area (Å²) in [5, 5.41) is 13.3. The van der Waals surface area contributed by atoms with Crippen molar-refractivity contribution in [1.82, 2.24) is 9.97 Å². The molecule has 0 aliphatic carbocycles. The van der Waals surface area contributed by atoms with Crippen molar-refractivity contribution in [3.05, 3.63) is 40.8 Å². The SMILES string of the molecule is Cc1nc(NCCCCCO)c2c(-c3ccc(F)cc3)c(C)sc2n1. The fraction of sp³-hybridized carbons (Fsp3) is 0.368. The molecule has 0 saturated heterocycles. The molecule has 0 amide bonds. The zero-order valence-corrected chi connectivity index (χ0v) is 15.3. The number of benzene rings is 1. The second-order valence-electron chi connectivity index (χ2n) is 6.05. The van der Waals surface area contributed by atoms with E-state index < -0.39 is 0 Å². The van der Waals surface area contributed by atoms with Crippen LogP contribution in [-0.4, -0.2) is 28.2 Å². The zero-order chi connectivity index (χ0) is 17.8. The summed E-state index contributed by atoms with van der Waals surface area (Å²) >= 11 is 1.64. The minimum absolute atomic E-state index is 0.231. The minimum Gasteiger partial charge on any atom is -0.396 e. The number of thiophene rings is 1. The molecule has 0 bridgehead atoms. The predicted octanol–water partition coefficient (Wildman–Crippen LogP) is 4.69. The van der Waals surface area contributed by atoms with Gasteiger partial charge in [0.25, 0.3) is 0 Å². The molecule has 0 atom stereocenters. The highest BCUT2D eigenvalue weighted by Gasteiger charge is 2.17.